The highest BCUT2D eigenvalue weighted by molar-refractivity contribution is 9.10. The fourth-order valence-electron chi connectivity index (χ4n) is 2.78. The molecule has 1 aliphatic carbocycles. The van der Waals surface area contributed by atoms with Crippen molar-refractivity contribution in [2.24, 2.45) is 11.8 Å². The molecule has 0 saturated carbocycles. The van der Waals surface area contributed by atoms with E-state index in [-0.39, 0.29) is 6.04 Å². The Labute approximate surface area is 119 Å². The molecule has 2 nitrogen and oxygen atoms in total. The molecule has 1 heterocycles. The van der Waals surface area contributed by atoms with Gasteiger partial charge < -0.3 is 0 Å². The number of hydrogen-bond acceptors (Lipinski definition) is 3. The van der Waals surface area contributed by atoms with Crippen LogP contribution in [0.15, 0.2) is 40.2 Å². The van der Waals surface area contributed by atoms with E-state index in [0.29, 0.717) is 5.92 Å². The largest absolute Gasteiger partial charge is 0.271 e. The molecule has 3 rings (SSSR count). The lowest BCUT2D eigenvalue weighted by molar-refractivity contribution is 0.384. The second kappa shape index (κ2) is 5.13. The minimum atomic E-state index is 0.228. The van der Waals surface area contributed by atoms with Crippen LogP contribution >= 0.6 is 27.3 Å². The number of benzene rings is 1. The highest BCUT2D eigenvalue weighted by Crippen LogP contribution is 2.39. The van der Waals surface area contributed by atoms with E-state index in [1.165, 1.54) is 16.0 Å². The van der Waals surface area contributed by atoms with Crippen LogP contribution in [0, 0.1) is 5.92 Å². The summed E-state index contributed by atoms with van der Waals surface area (Å²) >= 11 is 5.36. The summed E-state index contributed by atoms with van der Waals surface area (Å²) in [5.41, 5.74) is 5.94. The first-order valence-corrected chi connectivity index (χ1v) is 7.72. The van der Waals surface area contributed by atoms with E-state index < -0.39 is 0 Å². The lowest BCUT2D eigenvalue weighted by atomic mass is 9.96. The molecule has 1 aromatic carbocycles. The molecule has 1 aliphatic rings. The zero-order valence-electron chi connectivity index (χ0n) is 9.90. The lowest BCUT2D eigenvalue weighted by Gasteiger charge is -2.22. The first-order chi connectivity index (χ1) is 8.79. The monoisotopic (exact) mass is 322 g/mol. The van der Waals surface area contributed by atoms with E-state index in [1.54, 1.807) is 11.3 Å². The topological polar surface area (TPSA) is 38.0 Å². The summed E-state index contributed by atoms with van der Waals surface area (Å²) in [6.07, 6.45) is 2.21. The summed E-state index contributed by atoms with van der Waals surface area (Å²) in [7, 11) is 0. The minimum absolute atomic E-state index is 0.228. The average molecular weight is 323 g/mol. The highest BCUT2D eigenvalue weighted by atomic mass is 79.9. The number of fused-ring (bicyclic) bond motifs is 1. The van der Waals surface area contributed by atoms with Crippen LogP contribution in [-0.2, 0) is 12.8 Å². The number of thiophene rings is 1. The second-order valence-electron chi connectivity index (χ2n) is 4.71. The Morgan fingerprint density at radius 3 is 2.39 bits per heavy atom. The number of hydrazine groups is 1. The smallest absolute Gasteiger partial charge is 0.0599 e. The van der Waals surface area contributed by atoms with E-state index in [2.05, 4.69) is 57.1 Å². The van der Waals surface area contributed by atoms with Gasteiger partial charge in [0, 0.05) is 9.35 Å². The van der Waals surface area contributed by atoms with E-state index in [1.807, 2.05) is 0 Å². The van der Waals surface area contributed by atoms with Gasteiger partial charge in [0.1, 0.15) is 0 Å². The van der Waals surface area contributed by atoms with Crippen molar-refractivity contribution >= 4 is 27.3 Å². The zero-order valence-corrected chi connectivity index (χ0v) is 12.3. The van der Waals surface area contributed by atoms with Gasteiger partial charge in [-0.2, -0.15) is 0 Å². The molecule has 4 heteroatoms. The summed E-state index contributed by atoms with van der Waals surface area (Å²) in [6.45, 7) is 0. The molecule has 0 spiro atoms. The summed E-state index contributed by atoms with van der Waals surface area (Å²) in [5.74, 6) is 6.33. The number of halogens is 1. The molecule has 0 aliphatic heterocycles. The minimum Gasteiger partial charge on any atom is -0.271 e. The van der Waals surface area contributed by atoms with Gasteiger partial charge in [-0.15, -0.1) is 11.3 Å². The molecular weight excluding hydrogens is 308 g/mol. The van der Waals surface area contributed by atoms with Crippen LogP contribution in [0.25, 0.3) is 0 Å². The van der Waals surface area contributed by atoms with Crippen LogP contribution in [0.1, 0.15) is 22.0 Å². The van der Waals surface area contributed by atoms with Crippen molar-refractivity contribution < 1.29 is 0 Å². The summed E-state index contributed by atoms with van der Waals surface area (Å²) in [4.78, 5) is 1.30. The summed E-state index contributed by atoms with van der Waals surface area (Å²) < 4.78 is 1.16. The maximum atomic E-state index is 5.78. The number of nitrogens with two attached hydrogens (primary N) is 1. The van der Waals surface area contributed by atoms with Gasteiger partial charge in [-0.1, -0.05) is 24.3 Å². The molecule has 18 heavy (non-hydrogen) atoms. The maximum absolute atomic E-state index is 5.78. The summed E-state index contributed by atoms with van der Waals surface area (Å²) in [6, 6.07) is 11.0. The normalized spacial score (nSPS) is 16.8. The molecular formula is C14H15BrN2S. The third-order valence-corrected chi connectivity index (χ3v) is 5.61. The standard InChI is InChI=1S/C14H15BrN2S/c15-12-5-6-18-14(12)13(17-16)11-7-9-3-1-2-4-10(9)8-11/h1-6,11,13,17H,7-8,16H2. The van der Waals surface area contributed by atoms with Crippen molar-refractivity contribution in [1.29, 1.82) is 0 Å². The summed E-state index contributed by atoms with van der Waals surface area (Å²) in [5, 5.41) is 2.10. The lowest BCUT2D eigenvalue weighted by Crippen LogP contribution is -2.33. The Kier molecular flexibility index (Phi) is 3.52. The quantitative estimate of drug-likeness (QED) is 0.671. The Morgan fingerprint density at radius 1 is 1.22 bits per heavy atom. The van der Waals surface area contributed by atoms with Crippen molar-refractivity contribution in [3.63, 3.8) is 0 Å². The second-order valence-corrected chi connectivity index (χ2v) is 6.52. The van der Waals surface area contributed by atoms with E-state index in [9.17, 15) is 0 Å². The third kappa shape index (κ3) is 2.14. The third-order valence-electron chi connectivity index (χ3n) is 3.66. The molecule has 1 unspecified atom stereocenters. The number of rotatable bonds is 3. The SMILES string of the molecule is NNC(c1sccc1Br)C1Cc2ccccc2C1. The van der Waals surface area contributed by atoms with Crippen molar-refractivity contribution in [1.82, 2.24) is 5.43 Å². The molecule has 1 aromatic heterocycles. The van der Waals surface area contributed by atoms with Crippen molar-refractivity contribution in [2.45, 2.75) is 18.9 Å². The first-order valence-electron chi connectivity index (χ1n) is 6.05. The van der Waals surface area contributed by atoms with Gasteiger partial charge in [0.2, 0.25) is 0 Å². The molecule has 1 atom stereocenters. The van der Waals surface area contributed by atoms with E-state index in [0.717, 1.165) is 17.3 Å². The molecule has 3 N–H and O–H groups in total. The molecule has 0 saturated heterocycles. The van der Waals surface area contributed by atoms with Gasteiger partial charge in [-0.25, -0.2) is 0 Å². The van der Waals surface area contributed by atoms with Gasteiger partial charge in [-0.3, -0.25) is 11.3 Å². The molecule has 0 bridgehead atoms. The number of nitrogens with one attached hydrogen (secondary N) is 1. The predicted molar refractivity (Wildman–Crippen MR) is 79.4 cm³/mol. The number of hydrogen-bond donors (Lipinski definition) is 2. The fraction of sp³-hybridized carbons (Fsp3) is 0.286. The van der Waals surface area contributed by atoms with Gasteiger partial charge >= 0.3 is 0 Å². The van der Waals surface area contributed by atoms with Crippen LogP contribution in [0.4, 0.5) is 0 Å². The van der Waals surface area contributed by atoms with Crippen LogP contribution in [0.3, 0.4) is 0 Å². The van der Waals surface area contributed by atoms with Crippen LogP contribution < -0.4 is 11.3 Å². The fourth-order valence-corrected chi connectivity index (χ4v) is 4.55. The Balaban J connectivity index is 1.86. The maximum Gasteiger partial charge on any atom is 0.0599 e. The van der Waals surface area contributed by atoms with Crippen molar-refractivity contribution in [2.75, 3.05) is 0 Å². The van der Waals surface area contributed by atoms with Gasteiger partial charge in [0.15, 0.2) is 0 Å². The Morgan fingerprint density at radius 2 is 1.89 bits per heavy atom. The predicted octanol–water partition coefficient (Wildman–Crippen LogP) is 3.43. The first kappa shape index (κ1) is 12.4. The average Bonchev–Trinajstić information content (AvgIpc) is 2.97. The zero-order chi connectivity index (χ0) is 12.5. The van der Waals surface area contributed by atoms with Gasteiger partial charge in [0.05, 0.1) is 6.04 Å². The molecule has 0 radical (unpaired) electrons. The van der Waals surface area contributed by atoms with Crippen molar-refractivity contribution in [3.05, 3.63) is 56.2 Å². The molecule has 0 fully saturated rings. The van der Waals surface area contributed by atoms with Crippen LogP contribution in [-0.4, -0.2) is 0 Å². The molecule has 2 aromatic rings. The van der Waals surface area contributed by atoms with Crippen molar-refractivity contribution in [3.8, 4) is 0 Å². The molecule has 0 amide bonds. The van der Waals surface area contributed by atoms with Crippen LogP contribution in [0.5, 0.6) is 0 Å². The Hall–Kier alpha value is -0.680. The Bertz CT molecular complexity index is 527. The van der Waals surface area contributed by atoms with Gasteiger partial charge in [0.25, 0.3) is 0 Å². The highest BCUT2D eigenvalue weighted by Gasteiger charge is 2.30. The van der Waals surface area contributed by atoms with E-state index >= 15 is 0 Å². The van der Waals surface area contributed by atoms with Crippen LogP contribution in [0.2, 0.25) is 0 Å². The van der Waals surface area contributed by atoms with Gasteiger partial charge in [-0.05, 0) is 57.3 Å². The van der Waals surface area contributed by atoms with E-state index in [4.69, 9.17) is 5.84 Å². The molecule has 94 valence electrons.